The zero-order chi connectivity index (χ0) is 4.41. The molecule has 1 aliphatic carbocycles. The minimum absolute atomic E-state index is 0. The van der Waals surface area contributed by atoms with Crippen LogP contribution in [-0.4, -0.2) is 0 Å². The number of hydrogen-bond acceptors (Lipinski definition) is 0. The van der Waals surface area contributed by atoms with Gasteiger partial charge in [0.1, 0.15) is 0 Å². The van der Waals surface area contributed by atoms with Gasteiger partial charge in [-0.2, -0.15) is 0 Å². The predicted molar refractivity (Wildman–Crippen MR) is 21.8 cm³/mol. The van der Waals surface area contributed by atoms with E-state index >= 15 is 0 Å². The van der Waals surface area contributed by atoms with Crippen molar-refractivity contribution >= 4 is 0 Å². The second-order valence-electron chi connectivity index (χ2n) is 1.21. The summed E-state index contributed by atoms with van der Waals surface area (Å²) >= 11 is 2.32. The normalized spacial score (nSPS) is 13.9. The minimum atomic E-state index is 0. The molecule has 49 valence electrons. The summed E-state index contributed by atoms with van der Waals surface area (Å²) in [5.41, 5.74) is 0. The molecule has 0 N–H and O–H groups in total. The Labute approximate surface area is 73.1 Å². The summed E-state index contributed by atoms with van der Waals surface area (Å²) in [5, 5.41) is 0. The fourth-order valence-electron chi connectivity index (χ4n) is 0.408. The molecule has 3 heteroatoms. The van der Waals surface area contributed by atoms with E-state index in [1.165, 1.54) is 3.96 Å². The second kappa shape index (κ2) is 5.88. The van der Waals surface area contributed by atoms with Crippen molar-refractivity contribution in [1.29, 1.82) is 0 Å². The van der Waals surface area contributed by atoms with Gasteiger partial charge in [0.25, 0.3) is 0 Å². The third kappa shape index (κ3) is 3.71. The van der Waals surface area contributed by atoms with E-state index in [2.05, 4.69) is 38.0 Å². The molecule has 0 saturated heterocycles. The third-order valence-electron chi connectivity index (χ3n) is 0.703. The molecule has 1 rings (SSSR count). The molecule has 0 unspecified atom stereocenters. The van der Waals surface area contributed by atoms with Gasteiger partial charge in [0.15, 0.2) is 0 Å². The zero-order valence-electron chi connectivity index (χ0n) is 4.01. The Morgan fingerprint density at radius 3 is 2.12 bits per heavy atom. The van der Waals surface area contributed by atoms with Crippen LogP contribution in [0.25, 0.3) is 0 Å². The van der Waals surface area contributed by atoms with E-state index in [1.54, 1.807) is 0 Å². The Kier molecular flexibility index (Phi) is 8.47. The fourth-order valence-corrected chi connectivity index (χ4v) is 0.894. The Morgan fingerprint density at radius 2 is 2.00 bits per heavy atom. The van der Waals surface area contributed by atoms with Crippen LogP contribution < -0.4 is 24.8 Å². The molecule has 0 aromatic rings. The van der Waals surface area contributed by atoms with Crippen LogP contribution >= 0.6 is 0 Å². The summed E-state index contributed by atoms with van der Waals surface area (Å²) in [4.78, 5) is 0. The summed E-state index contributed by atoms with van der Waals surface area (Å²) in [6, 6.07) is 0. The summed E-state index contributed by atoms with van der Waals surface area (Å²) < 4.78 is 1.44. The first-order valence-corrected chi connectivity index (χ1v) is 3.01. The van der Waals surface area contributed by atoms with Gasteiger partial charge in [-0.05, 0) is 0 Å². The van der Waals surface area contributed by atoms with Crippen molar-refractivity contribution < 1.29 is 44.6 Å². The van der Waals surface area contributed by atoms with Gasteiger partial charge in [0, 0.05) is 0 Å². The average molecular weight is 331 g/mol. The van der Waals surface area contributed by atoms with E-state index in [-0.39, 0.29) is 24.8 Å². The number of halogens is 2. The van der Waals surface area contributed by atoms with Crippen LogP contribution in [0.2, 0.25) is 0 Å². The summed E-state index contributed by atoms with van der Waals surface area (Å²) in [7, 11) is 0. The molecule has 0 aromatic carbocycles. The van der Waals surface area contributed by atoms with Gasteiger partial charge in [-0.1, -0.05) is 0 Å². The number of rotatable bonds is 0. The molecule has 0 bridgehead atoms. The van der Waals surface area contributed by atoms with Crippen LogP contribution in [0.1, 0.15) is 6.42 Å². The SMILES string of the molecule is [Cl-].[Cl-].[Pt+2][C]1=CC=CC1. The zero-order valence-corrected chi connectivity index (χ0v) is 7.80. The van der Waals surface area contributed by atoms with Crippen molar-refractivity contribution in [3.8, 4) is 0 Å². The van der Waals surface area contributed by atoms with Crippen molar-refractivity contribution in [3.63, 3.8) is 0 Å². The molecule has 0 amide bonds. The Hall–Kier alpha value is 0.748. The summed E-state index contributed by atoms with van der Waals surface area (Å²) in [6.45, 7) is 0. The van der Waals surface area contributed by atoms with E-state index in [4.69, 9.17) is 0 Å². The standard InChI is InChI=1S/C5H5.2ClH.Pt/c1-2-4-5-3-1;;;/h1-3H,4H2;2*1H;/q;;;+2/p-2. The fraction of sp³-hybridized carbons (Fsp3) is 0.200. The third-order valence-corrected chi connectivity index (χ3v) is 1.55. The molecule has 0 heterocycles. The van der Waals surface area contributed by atoms with Crippen LogP contribution in [0.15, 0.2) is 22.2 Å². The van der Waals surface area contributed by atoms with Gasteiger partial charge in [-0.15, -0.1) is 0 Å². The van der Waals surface area contributed by atoms with Gasteiger partial charge in [0.05, 0.1) is 0 Å². The maximum atomic E-state index is 2.32. The quantitative estimate of drug-likeness (QED) is 0.419. The summed E-state index contributed by atoms with van der Waals surface area (Å²) in [6.07, 6.45) is 7.52. The first kappa shape index (κ1) is 11.5. The van der Waals surface area contributed by atoms with Crippen LogP contribution in [0, 0.1) is 0 Å². The second-order valence-corrected chi connectivity index (χ2v) is 2.67. The Balaban J connectivity index is 0. The van der Waals surface area contributed by atoms with Gasteiger partial charge >= 0.3 is 48.4 Å². The summed E-state index contributed by atoms with van der Waals surface area (Å²) in [5.74, 6) is 0. The molecule has 0 saturated carbocycles. The number of hydrogen-bond donors (Lipinski definition) is 0. The molecule has 0 aliphatic heterocycles. The van der Waals surface area contributed by atoms with E-state index in [0.29, 0.717) is 0 Å². The van der Waals surface area contributed by atoms with E-state index in [1.807, 2.05) is 0 Å². The first-order chi connectivity index (χ1) is 2.89. The van der Waals surface area contributed by atoms with Crippen molar-refractivity contribution in [2.75, 3.05) is 0 Å². The Bertz CT molecular complexity index is 107. The van der Waals surface area contributed by atoms with Crippen LogP contribution in [0.4, 0.5) is 0 Å². The molecule has 0 atom stereocenters. The Morgan fingerprint density at radius 1 is 1.38 bits per heavy atom. The monoisotopic (exact) mass is 330 g/mol. The van der Waals surface area contributed by atoms with Crippen molar-refractivity contribution in [3.05, 3.63) is 22.2 Å². The molecule has 0 radical (unpaired) electrons. The van der Waals surface area contributed by atoms with E-state index in [9.17, 15) is 0 Å². The van der Waals surface area contributed by atoms with Gasteiger partial charge in [-0.3, -0.25) is 0 Å². The van der Waals surface area contributed by atoms with Crippen LogP contribution in [0.5, 0.6) is 0 Å². The van der Waals surface area contributed by atoms with Crippen molar-refractivity contribution in [2.24, 2.45) is 0 Å². The molecule has 0 fully saturated rings. The molecule has 8 heavy (non-hydrogen) atoms. The van der Waals surface area contributed by atoms with E-state index in [0.717, 1.165) is 6.42 Å². The van der Waals surface area contributed by atoms with Gasteiger partial charge in [-0.25, -0.2) is 0 Å². The van der Waals surface area contributed by atoms with Gasteiger partial charge < -0.3 is 24.8 Å². The molecule has 1 aliphatic rings. The van der Waals surface area contributed by atoms with Crippen LogP contribution in [-0.2, 0) is 19.8 Å². The molecule has 0 nitrogen and oxygen atoms in total. The number of allylic oxidation sites excluding steroid dienone is 4. The molecule has 0 aromatic heterocycles. The molecule has 0 spiro atoms. The first-order valence-electron chi connectivity index (χ1n) is 1.88. The van der Waals surface area contributed by atoms with Crippen molar-refractivity contribution in [1.82, 2.24) is 0 Å². The van der Waals surface area contributed by atoms with Crippen LogP contribution in [0.3, 0.4) is 0 Å². The topological polar surface area (TPSA) is 0 Å². The average Bonchev–Trinajstić information content (AvgIpc) is 1.86. The maximum absolute atomic E-state index is 2.32. The van der Waals surface area contributed by atoms with E-state index < -0.39 is 0 Å². The predicted octanol–water partition coefficient (Wildman–Crippen LogP) is -4.61. The molecular weight excluding hydrogens is 326 g/mol. The van der Waals surface area contributed by atoms with Gasteiger partial charge in [0.2, 0.25) is 0 Å². The van der Waals surface area contributed by atoms with Crippen molar-refractivity contribution in [2.45, 2.75) is 6.42 Å². The molecular formula is C5H5Cl2Pt.